The van der Waals surface area contributed by atoms with E-state index in [1.807, 2.05) is 0 Å². The predicted molar refractivity (Wildman–Crippen MR) is 50.1 cm³/mol. The van der Waals surface area contributed by atoms with E-state index in [0.29, 0.717) is 5.75 Å². The molecule has 17 heavy (non-hydrogen) atoms. The molecular weight excluding hydrogens is 241 g/mol. The van der Waals surface area contributed by atoms with Gasteiger partial charge in [-0.1, -0.05) is 0 Å². The lowest BCUT2D eigenvalue weighted by Gasteiger charge is -2.17. The molecule has 4 nitrogen and oxygen atoms in total. The number of rotatable bonds is 2. The van der Waals surface area contributed by atoms with Gasteiger partial charge in [0.15, 0.2) is 17.6 Å². The van der Waals surface area contributed by atoms with Crippen LogP contribution in [0.15, 0.2) is 12.1 Å². The van der Waals surface area contributed by atoms with Crippen LogP contribution in [-0.4, -0.2) is 25.2 Å². The molecule has 1 aromatic rings. The first-order valence-corrected chi connectivity index (χ1v) is 4.66. The first-order chi connectivity index (χ1) is 7.93. The number of hydrogen-bond acceptors (Lipinski definition) is 4. The molecule has 1 aliphatic heterocycles. The molecule has 0 bridgehead atoms. The summed E-state index contributed by atoms with van der Waals surface area (Å²) in [6, 6.07) is 2.33. The highest BCUT2D eigenvalue weighted by Crippen LogP contribution is 2.44. The van der Waals surface area contributed by atoms with Gasteiger partial charge in [-0.25, -0.2) is 0 Å². The van der Waals surface area contributed by atoms with E-state index in [0.717, 1.165) is 6.07 Å². The number of methoxy groups -OCH3 is 1. The van der Waals surface area contributed by atoms with E-state index in [-0.39, 0.29) is 18.3 Å². The number of hydrogen-bond donors (Lipinski definition) is 1. The van der Waals surface area contributed by atoms with Crippen LogP contribution < -0.4 is 14.2 Å². The Morgan fingerprint density at radius 3 is 2.41 bits per heavy atom. The van der Waals surface area contributed by atoms with Crippen molar-refractivity contribution in [3.05, 3.63) is 17.7 Å². The van der Waals surface area contributed by atoms with Crippen molar-refractivity contribution in [3.63, 3.8) is 0 Å². The molecule has 0 saturated heterocycles. The van der Waals surface area contributed by atoms with Crippen molar-refractivity contribution in [2.24, 2.45) is 0 Å². The summed E-state index contributed by atoms with van der Waals surface area (Å²) in [4.78, 5) is 0. The van der Waals surface area contributed by atoms with Gasteiger partial charge in [0, 0.05) is 11.6 Å². The number of aliphatic hydroxyl groups is 1. The van der Waals surface area contributed by atoms with Crippen LogP contribution in [0.4, 0.5) is 13.2 Å². The van der Waals surface area contributed by atoms with Crippen LogP contribution >= 0.6 is 0 Å². The standard InChI is InChI=1S/C10H9F3O4/c1-15-6-3-8-7(16-4-17-8)2-5(6)9(14)10(11,12)13/h2-3,9,14H,4H2,1H3/t9-/m0/s1. The van der Waals surface area contributed by atoms with Crippen molar-refractivity contribution in [3.8, 4) is 17.2 Å². The van der Waals surface area contributed by atoms with Gasteiger partial charge in [-0.15, -0.1) is 0 Å². The number of alkyl halides is 3. The Morgan fingerprint density at radius 1 is 1.29 bits per heavy atom. The quantitative estimate of drug-likeness (QED) is 0.872. The average molecular weight is 250 g/mol. The fourth-order valence-corrected chi connectivity index (χ4v) is 1.51. The van der Waals surface area contributed by atoms with Crippen molar-refractivity contribution in [1.29, 1.82) is 0 Å². The smallest absolute Gasteiger partial charge is 0.418 e. The molecule has 0 unspecified atom stereocenters. The summed E-state index contributed by atoms with van der Waals surface area (Å²) in [5, 5.41) is 9.20. The Kier molecular flexibility index (Phi) is 2.78. The Balaban J connectivity index is 2.46. The monoisotopic (exact) mass is 250 g/mol. The van der Waals surface area contributed by atoms with E-state index in [1.165, 1.54) is 13.2 Å². The van der Waals surface area contributed by atoms with Crippen LogP contribution in [0.5, 0.6) is 17.2 Å². The summed E-state index contributed by atoms with van der Waals surface area (Å²) in [5.74, 6) is 0.350. The molecule has 0 fully saturated rings. The molecule has 0 saturated carbocycles. The maximum absolute atomic E-state index is 12.4. The van der Waals surface area contributed by atoms with E-state index < -0.39 is 17.8 Å². The molecule has 7 heteroatoms. The van der Waals surface area contributed by atoms with Gasteiger partial charge in [0.1, 0.15) is 5.75 Å². The molecule has 0 spiro atoms. The summed E-state index contributed by atoms with van der Waals surface area (Å²) in [7, 11) is 1.21. The molecule has 0 aliphatic carbocycles. The predicted octanol–water partition coefficient (Wildman–Crippen LogP) is 2.02. The van der Waals surface area contributed by atoms with Crippen molar-refractivity contribution >= 4 is 0 Å². The van der Waals surface area contributed by atoms with Gasteiger partial charge in [-0.05, 0) is 6.07 Å². The number of aliphatic hydroxyl groups excluding tert-OH is 1. The van der Waals surface area contributed by atoms with Gasteiger partial charge in [0.2, 0.25) is 6.79 Å². The third-order valence-corrected chi connectivity index (χ3v) is 2.33. The fraction of sp³-hybridized carbons (Fsp3) is 0.400. The first kappa shape index (κ1) is 11.8. The Labute approximate surface area is 94.5 Å². The Bertz CT molecular complexity index is 430. The van der Waals surface area contributed by atoms with Crippen molar-refractivity contribution in [2.45, 2.75) is 12.3 Å². The maximum Gasteiger partial charge on any atom is 0.418 e. The number of halogens is 3. The van der Waals surface area contributed by atoms with Gasteiger partial charge in [-0.3, -0.25) is 0 Å². The summed E-state index contributed by atoms with van der Waals surface area (Å²) < 4.78 is 52.0. The number of ether oxygens (including phenoxy) is 3. The highest BCUT2D eigenvalue weighted by molar-refractivity contribution is 5.52. The van der Waals surface area contributed by atoms with Crippen LogP contribution in [0.25, 0.3) is 0 Å². The largest absolute Gasteiger partial charge is 0.496 e. The zero-order chi connectivity index (χ0) is 12.6. The van der Waals surface area contributed by atoms with Crippen molar-refractivity contribution in [1.82, 2.24) is 0 Å². The zero-order valence-electron chi connectivity index (χ0n) is 8.75. The highest BCUT2D eigenvalue weighted by atomic mass is 19.4. The minimum Gasteiger partial charge on any atom is -0.496 e. The van der Waals surface area contributed by atoms with E-state index in [9.17, 15) is 18.3 Å². The normalized spacial score (nSPS) is 15.8. The second kappa shape index (κ2) is 3.99. The van der Waals surface area contributed by atoms with E-state index in [4.69, 9.17) is 14.2 Å². The zero-order valence-corrected chi connectivity index (χ0v) is 8.75. The SMILES string of the molecule is COc1cc2c(cc1[C@H](O)C(F)(F)F)OCO2. The molecular formula is C10H9F3O4. The van der Waals surface area contributed by atoms with Gasteiger partial charge in [-0.2, -0.15) is 13.2 Å². The molecule has 0 radical (unpaired) electrons. The average Bonchev–Trinajstić information content (AvgIpc) is 2.71. The number of fused-ring (bicyclic) bond motifs is 1. The molecule has 0 aromatic heterocycles. The number of benzene rings is 1. The Hall–Kier alpha value is -1.63. The topological polar surface area (TPSA) is 47.9 Å². The summed E-state index contributed by atoms with van der Waals surface area (Å²) in [6.07, 6.45) is -7.38. The van der Waals surface area contributed by atoms with E-state index >= 15 is 0 Å². The summed E-state index contributed by atoms with van der Waals surface area (Å²) >= 11 is 0. The third-order valence-electron chi connectivity index (χ3n) is 2.33. The van der Waals surface area contributed by atoms with Crippen molar-refractivity contribution < 1.29 is 32.5 Å². The van der Waals surface area contributed by atoms with E-state index in [1.54, 1.807) is 0 Å². The van der Waals surface area contributed by atoms with Crippen LogP contribution in [0.3, 0.4) is 0 Å². The van der Waals surface area contributed by atoms with Crippen LogP contribution in [0.2, 0.25) is 0 Å². The van der Waals surface area contributed by atoms with Crippen LogP contribution in [0, 0.1) is 0 Å². The Morgan fingerprint density at radius 2 is 1.88 bits per heavy atom. The third kappa shape index (κ3) is 2.10. The molecule has 1 aromatic carbocycles. The maximum atomic E-state index is 12.4. The van der Waals surface area contributed by atoms with Crippen LogP contribution in [-0.2, 0) is 0 Å². The lowest BCUT2D eigenvalue weighted by Crippen LogP contribution is -2.20. The van der Waals surface area contributed by atoms with Gasteiger partial charge >= 0.3 is 6.18 Å². The fourth-order valence-electron chi connectivity index (χ4n) is 1.51. The minimum atomic E-state index is -4.76. The van der Waals surface area contributed by atoms with Crippen LogP contribution in [0.1, 0.15) is 11.7 Å². The second-order valence-corrected chi connectivity index (χ2v) is 3.39. The molecule has 1 atom stereocenters. The summed E-state index contributed by atoms with van der Waals surface area (Å²) in [5.41, 5.74) is -0.399. The van der Waals surface area contributed by atoms with Gasteiger partial charge in [0.25, 0.3) is 0 Å². The lowest BCUT2D eigenvalue weighted by atomic mass is 10.1. The van der Waals surface area contributed by atoms with E-state index in [2.05, 4.69) is 0 Å². The molecule has 0 amide bonds. The molecule has 1 N–H and O–H groups in total. The first-order valence-electron chi connectivity index (χ1n) is 4.66. The second-order valence-electron chi connectivity index (χ2n) is 3.39. The molecule has 94 valence electrons. The van der Waals surface area contributed by atoms with Gasteiger partial charge in [0.05, 0.1) is 7.11 Å². The molecule has 2 rings (SSSR count). The highest BCUT2D eigenvalue weighted by Gasteiger charge is 2.41. The van der Waals surface area contributed by atoms with Crippen molar-refractivity contribution in [2.75, 3.05) is 13.9 Å². The lowest BCUT2D eigenvalue weighted by molar-refractivity contribution is -0.207. The molecule has 1 aliphatic rings. The molecule has 1 heterocycles. The minimum absolute atomic E-state index is 0.0654. The summed E-state index contributed by atoms with van der Waals surface area (Å²) in [6.45, 7) is -0.0654. The van der Waals surface area contributed by atoms with Gasteiger partial charge < -0.3 is 19.3 Å².